The Labute approximate surface area is 164 Å². The first-order valence-corrected chi connectivity index (χ1v) is 10.1. The Bertz CT molecular complexity index is 1010. The third kappa shape index (κ3) is 4.11. The summed E-state index contributed by atoms with van der Waals surface area (Å²) >= 11 is 8.09. The Morgan fingerprint density at radius 2 is 1.88 bits per heavy atom. The number of thioether (sulfide) groups is 1. The largest absolute Gasteiger partial charge is 0.293 e. The lowest BCUT2D eigenvalue weighted by Gasteiger charge is -2.09. The lowest BCUT2D eigenvalue weighted by Crippen LogP contribution is -2.13. The van der Waals surface area contributed by atoms with Crippen molar-refractivity contribution in [3.63, 3.8) is 0 Å². The van der Waals surface area contributed by atoms with Crippen LogP contribution in [-0.4, -0.2) is 20.8 Å². The van der Waals surface area contributed by atoms with Crippen molar-refractivity contribution < 1.29 is 9.18 Å². The van der Waals surface area contributed by atoms with Crippen molar-refractivity contribution in [2.75, 3.05) is 0 Å². The van der Waals surface area contributed by atoms with Gasteiger partial charge in [0.2, 0.25) is 0 Å². The fourth-order valence-electron chi connectivity index (χ4n) is 2.39. The van der Waals surface area contributed by atoms with Gasteiger partial charge < -0.3 is 0 Å². The van der Waals surface area contributed by atoms with Crippen LogP contribution in [0, 0.1) is 23.6 Å². The first kappa shape index (κ1) is 18.9. The smallest absolute Gasteiger partial charge is 0.184 e. The van der Waals surface area contributed by atoms with E-state index in [9.17, 15) is 9.18 Å². The summed E-state index contributed by atoms with van der Waals surface area (Å²) < 4.78 is 16.0. The van der Waals surface area contributed by atoms with Gasteiger partial charge in [-0.1, -0.05) is 35.2 Å². The standard InChI is InChI=1S/C19H17FN2OS3/c1-11-4-5-14(10-12(11)2)17(23)13(3)25-18-21-22(19(24)26-18)16-8-6-15(20)7-9-16/h4-10,13H,1-3H3/t13-/m0/s1. The number of ketones is 1. The molecule has 0 aliphatic carbocycles. The van der Waals surface area contributed by atoms with Gasteiger partial charge in [-0.05, 0) is 74.4 Å². The van der Waals surface area contributed by atoms with Gasteiger partial charge >= 0.3 is 0 Å². The monoisotopic (exact) mass is 404 g/mol. The highest BCUT2D eigenvalue weighted by Gasteiger charge is 2.19. The normalized spacial score (nSPS) is 12.2. The van der Waals surface area contributed by atoms with Gasteiger partial charge in [0.25, 0.3) is 0 Å². The van der Waals surface area contributed by atoms with Crippen molar-refractivity contribution in [3.8, 4) is 5.69 Å². The number of aryl methyl sites for hydroxylation is 2. The third-order valence-electron chi connectivity index (χ3n) is 4.04. The van der Waals surface area contributed by atoms with Crippen molar-refractivity contribution in [2.24, 2.45) is 0 Å². The second-order valence-electron chi connectivity index (χ2n) is 5.95. The van der Waals surface area contributed by atoms with Crippen molar-refractivity contribution >= 4 is 41.1 Å². The number of hydrogen-bond donors (Lipinski definition) is 0. The van der Waals surface area contributed by atoms with Crippen molar-refractivity contribution in [2.45, 2.75) is 30.4 Å². The van der Waals surface area contributed by atoms with Gasteiger partial charge in [0, 0.05) is 5.56 Å². The molecule has 1 aromatic heterocycles. The predicted octanol–water partition coefficient (Wildman–Crippen LogP) is 5.78. The number of nitrogens with zero attached hydrogens (tertiary/aromatic N) is 2. The molecule has 0 unspecified atom stereocenters. The SMILES string of the molecule is Cc1ccc(C(=O)[C@H](C)Sc2nn(-c3ccc(F)cc3)c(=S)s2)cc1C. The van der Waals surface area contributed by atoms with Crippen LogP contribution in [0.25, 0.3) is 5.69 Å². The maximum atomic E-state index is 13.1. The molecule has 7 heteroatoms. The number of benzene rings is 2. The predicted molar refractivity (Wildman–Crippen MR) is 108 cm³/mol. The molecule has 0 radical (unpaired) electrons. The van der Waals surface area contributed by atoms with E-state index in [1.807, 2.05) is 39.0 Å². The Morgan fingerprint density at radius 1 is 1.19 bits per heavy atom. The number of aromatic nitrogens is 2. The lowest BCUT2D eigenvalue weighted by atomic mass is 10.0. The highest BCUT2D eigenvalue weighted by atomic mass is 32.2. The van der Waals surface area contributed by atoms with E-state index >= 15 is 0 Å². The molecule has 3 rings (SSSR count). The van der Waals surface area contributed by atoms with Crippen LogP contribution in [0.15, 0.2) is 46.8 Å². The number of halogens is 1. The van der Waals surface area contributed by atoms with E-state index in [2.05, 4.69) is 5.10 Å². The van der Waals surface area contributed by atoms with E-state index in [4.69, 9.17) is 12.2 Å². The molecular formula is C19H17FN2OS3. The zero-order valence-electron chi connectivity index (χ0n) is 14.5. The minimum absolute atomic E-state index is 0.0625. The Morgan fingerprint density at radius 3 is 2.54 bits per heavy atom. The molecule has 0 saturated heterocycles. The molecule has 0 saturated carbocycles. The number of carbonyl (C=O) groups excluding carboxylic acids is 1. The second-order valence-corrected chi connectivity index (χ2v) is 9.16. The van der Waals surface area contributed by atoms with E-state index in [1.165, 1.54) is 35.2 Å². The molecule has 0 N–H and O–H groups in total. The molecule has 26 heavy (non-hydrogen) atoms. The van der Waals surface area contributed by atoms with E-state index < -0.39 is 0 Å². The van der Waals surface area contributed by atoms with Crippen LogP contribution < -0.4 is 0 Å². The van der Waals surface area contributed by atoms with E-state index in [0.717, 1.165) is 11.1 Å². The maximum Gasteiger partial charge on any atom is 0.184 e. The first-order valence-electron chi connectivity index (χ1n) is 7.99. The Kier molecular flexibility index (Phi) is 5.70. The van der Waals surface area contributed by atoms with E-state index in [-0.39, 0.29) is 16.9 Å². The molecule has 2 aromatic carbocycles. The second kappa shape index (κ2) is 7.82. The topological polar surface area (TPSA) is 34.9 Å². The van der Waals surface area contributed by atoms with Gasteiger partial charge in [0.15, 0.2) is 14.1 Å². The molecule has 0 fully saturated rings. The number of hydrogen-bond acceptors (Lipinski definition) is 5. The average Bonchev–Trinajstić information content (AvgIpc) is 2.97. The molecule has 0 aliphatic rings. The third-order valence-corrected chi connectivity index (χ3v) is 6.46. The fraction of sp³-hybridized carbons (Fsp3) is 0.211. The summed E-state index contributed by atoms with van der Waals surface area (Å²) in [6, 6.07) is 11.7. The van der Waals surface area contributed by atoms with Gasteiger partial charge in [-0.15, -0.1) is 5.10 Å². The molecule has 3 nitrogen and oxygen atoms in total. The summed E-state index contributed by atoms with van der Waals surface area (Å²) in [5, 5.41) is 4.20. The summed E-state index contributed by atoms with van der Waals surface area (Å²) in [5.74, 6) is -0.245. The molecule has 0 aliphatic heterocycles. The number of Topliss-reactive ketones (excluding diaryl/α,β-unsaturated/α-hetero) is 1. The average molecular weight is 405 g/mol. The summed E-state index contributed by atoms with van der Waals surface area (Å²) in [7, 11) is 0. The van der Waals surface area contributed by atoms with Crippen LogP contribution in [0.4, 0.5) is 4.39 Å². The first-order chi connectivity index (χ1) is 12.3. The van der Waals surface area contributed by atoms with Crippen LogP contribution in [-0.2, 0) is 0 Å². The van der Waals surface area contributed by atoms with Crippen LogP contribution in [0.1, 0.15) is 28.4 Å². The minimum atomic E-state index is -0.308. The molecule has 0 spiro atoms. The Balaban J connectivity index is 1.79. The summed E-state index contributed by atoms with van der Waals surface area (Å²) in [6.45, 7) is 5.89. The molecule has 0 amide bonds. The van der Waals surface area contributed by atoms with Crippen molar-refractivity contribution in [1.82, 2.24) is 9.78 Å². The molecule has 134 valence electrons. The molecule has 0 bridgehead atoms. The van der Waals surface area contributed by atoms with Crippen molar-refractivity contribution in [1.29, 1.82) is 0 Å². The highest BCUT2D eigenvalue weighted by molar-refractivity contribution is 8.02. The van der Waals surface area contributed by atoms with Gasteiger partial charge in [-0.2, -0.15) is 0 Å². The van der Waals surface area contributed by atoms with E-state index in [1.54, 1.807) is 16.8 Å². The highest BCUT2D eigenvalue weighted by Crippen LogP contribution is 2.29. The molecular weight excluding hydrogens is 387 g/mol. The van der Waals surface area contributed by atoms with Crippen LogP contribution in [0.5, 0.6) is 0 Å². The summed E-state index contributed by atoms with van der Waals surface area (Å²) in [6.07, 6.45) is 0. The van der Waals surface area contributed by atoms with Crippen molar-refractivity contribution in [3.05, 3.63) is 68.9 Å². The summed E-state index contributed by atoms with van der Waals surface area (Å²) in [4.78, 5) is 12.7. The van der Waals surface area contributed by atoms with Gasteiger partial charge in [-0.25, -0.2) is 9.07 Å². The van der Waals surface area contributed by atoms with E-state index in [0.29, 0.717) is 19.5 Å². The minimum Gasteiger partial charge on any atom is -0.293 e. The van der Waals surface area contributed by atoms with Gasteiger partial charge in [-0.3, -0.25) is 4.79 Å². The lowest BCUT2D eigenvalue weighted by molar-refractivity contribution is 0.0994. The number of rotatable bonds is 5. The summed E-state index contributed by atoms with van der Waals surface area (Å²) in [5.41, 5.74) is 3.67. The molecule has 1 heterocycles. The van der Waals surface area contributed by atoms with Gasteiger partial charge in [0.1, 0.15) is 5.82 Å². The van der Waals surface area contributed by atoms with Crippen LogP contribution in [0.3, 0.4) is 0 Å². The fourth-order valence-corrected chi connectivity index (χ4v) is 4.97. The Hall–Kier alpha value is -1.83. The molecule has 3 aromatic rings. The van der Waals surface area contributed by atoms with Crippen LogP contribution >= 0.6 is 35.3 Å². The zero-order chi connectivity index (χ0) is 18.8. The van der Waals surface area contributed by atoms with Crippen LogP contribution in [0.2, 0.25) is 0 Å². The number of carbonyl (C=O) groups is 1. The zero-order valence-corrected chi connectivity index (χ0v) is 17.0. The quantitative estimate of drug-likeness (QED) is 0.307. The van der Waals surface area contributed by atoms with Gasteiger partial charge in [0.05, 0.1) is 10.9 Å². The molecule has 1 atom stereocenters. The maximum absolute atomic E-state index is 13.1.